The van der Waals surface area contributed by atoms with Crippen molar-refractivity contribution < 1.29 is 104 Å². The van der Waals surface area contributed by atoms with Crippen molar-refractivity contribution in [2.24, 2.45) is 0 Å². The molecule has 27 heavy (non-hydrogen) atoms. The number of carbonyl (C=O) groups excluding carboxylic acids is 3. The molecule has 0 heterocycles. The number of ether oxygens (including phenoxy) is 2. The van der Waals surface area contributed by atoms with E-state index in [4.69, 9.17) is 9.47 Å². The van der Waals surface area contributed by atoms with E-state index in [1.54, 1.807) is 0 Å². The zero-order valence-corrected chi connectivity index (χ0v) is 20.2. The predicted molar refractivity (Wildman–Crippen MR) is 93.5 cm³/mol. The van der Waals surface area contributed by atoms with Crippen LogP contribution in [-0.2, 0) is 23.9 Å². The molecule has 0 saturated heterocycles. The van der Waals surface area contributed by atoms with Gasteiger partial charge in [-0.05, 0) is 6.92 Å². The second kappa shape index (κ2) is 23.0. The van der Waals surface area contributed by atoms with E-state index in [1.807, 2.05) is 11.8 Å². The predicted octanol–water partition coefficient (Wildman–Crippen LogP) is -1.64. The molecule has 9 nitrogen and oxygen atoms in total. The van der Waals surface area contributed by atoms with Crippen LogP contribution in [0, 0.1) is 93.7 Å². The SMILES string of the molecule is [CH2-]C(=O)NCCN(CCNC([CH2-])=O)CC(=O)NCCOCCOCC.[Gd].[Gd]. The first-order valence-electron chi connectivity index (χ1n) is 8.29. The standard InChI is InChI=1S/C16H30N4O5.2Gd/c1-4-24-11-12-25-10-7-19-16(23)13-20(8-5-17-14(2)21)9-6-18-15(3)22;;/h2-13H2,1H3,(H,17,21)(H,18,22)(H,19,23);;/q-2;;. The van der Waals surface area contributed by atoms with Crippen molar-refractivity contribution in [1.82, 2.24) is 20.9 Å². The van der Waals surface area contributed by atoms with E-state index in [-0.39, 0.29) is 104 Å². The molecule has 162 valence electrons. The van der Waals surface area contributed by atoms with E-state index in [2.05, 4.69) is 29.8 Å². The van der Waals surface area contributed by atoms with Gasteiger partial charge in [0.1, 0.15) is 0 Å². The number of rotatable bonds is 15. The molecule has 0 aromatic rings. The first-order valence-corrected chi connectivity index (χ1v) is 8.29. The second-order valence-electron chi connectivity index (χ2n) is 5.14. The summed E-state index contributed by atoms with van der Waals surface area (Å²) in [7, 11) is 0. The van der Waals surface area contributed by atoms with Gasteiger partial charge in [-0.15, -0.1) is 0 Å². The van der Waals surface area contributed by atoms with Crippen molar-refractivity contribution >= 4 is 17.7 Å². The first kappa shape index (κ1) is 32.3. The van der Waals surface area contributed by atoms with Gasteiger partial charge in [0.2, 0.25) is 5.91 Å². The Morgan fingerprint density at radius 1 is 0.815 bits per heavy atom. The first-order chi connectivity index (χ1) is 12.0. The Hall–Kier alpha value is 0.679. The van der Waals surface area contributed by atoms with Crippen molar-refractivity contribution in [1.29, 1.82) is 0 Å². The summed E-state index contributed by atoms with van der Waals surface area (Å²) in [6.07, 6.45) is 0. The van der Waals surface area contributed by atoms with Crippen molar-refractivity contribution in [2.75, 3.05) is 65.7 Å². The molecule has 0 aliphatic heterocycles. The van der Waals surface area contributed by atoms with Gasteiger partial charge in [0.15, 0.2) is 0 Å². The molecule has 0 aliphatic rings. The Bertz CT molecular complexity index is 383. The van der Waals surface area contributed by atoms with E-state index in [1.165, 1.54) is 0 Å². The number of nitrogens with zero attached hydrogens (tertiary/aromatic N) is 1. The maximum Gasteiger partial charge on any atom is 0.234 e. The molecule has 0 radical (unpaired) electrons. The van der Waals surface area contributed by atoms with E-state index < -0.39 is 0 Å². The molecule has 11 heteroatoms. The van der Waals surface area contributed by atoms with Gasteiger partial charge in [-0.1, -0.05) is 0 Å². The Kier molecular flexibility index (Phi) is 27.5. The largest absolute Gasteiger partial charge is 0.380 e. The fourth-order valence-corrected chi connectivity index (χ4v) is 1.86. The Morgan fingerprint density at radius 2 is 1.33 bits per heavy atom. The van der Waals surface area contributed by atoms with Crippen LogP contribution in [-0.4, -0.2) is 88.3 Å². The van der Waals surface area contributed by atoms with Gasteiger partial charge in [0.25, 0.3) is 0 Å². The van der Waals surface area contributed by atoms with Crippen LogP contribution in [0.1, 0.15) is 6.92 Å². The molecule has 0 rings (SSSR count). The molecule has 0 unspecified atom stereocenters. The summed E-state index contributed by atoms with van der Waals surface area (Å²) >= 11 is 0. The zero-order chi connectivity index (χ0) is 18.9. The molecular weight excluding hydrogens is 643 g/mol. The summed E-state index contributed by atoms with van der Waals surface area (Å²) in [5, 5.41) is 7.90. The molecule has 0 atom stereocenters. The van der Waals surface area contributed by atoms with Crippen LogP contribution in [0.4, 0.5) is 0 Å². The average molecular weight is 673 g/mol. The summed E-state index contributed by atoms with van der Waals surface area (Å²) in [6, 6.07) is 0. The zero-order valence-electron chi connectivity index (χ0n) is 15.7. The number of carbonyl (C=O) groups is 3. The van der Waals surface area contributed by atoms with Gasteiger partial charge in [-0.3, -0.25) is 9.69 Å². The number of amides is 3. The van der Waals surface area contributed by atoms with Crippen molar-refractivity contribution in [3.8, 4) is 0 Å². The van der Waals surface area contributed by atoms with Crippen molar-refractivity contribution in [2.45, 2.75) is 6.92 Å². The van der Waals surface area contributed by atoms with Crippen LogP contribution in [0.5, 0.6) is 0 Å². The molecule has 0 aliphatic carbocycles. The van der Waals surface area contributed by atoms with Gasteiger partial charge in [0, 0.05) is 119 Å². The van der Waals surface area contributed by atoms with E-state index >= 15 is 0 Å². The minimum absolute atomic E-state index is 0. The topological polar surface area (TPSA) is 109 Å². The second-order valence-corrected chi connectivity index (χ2v) is 5.14. The molecule has 0 aromatic carbocycles. The third kappa shape index (κ3) is 24.6. The maximum absolute atomic E-state index is 12.0. The summed E-state index contributed by atoms with van der Waals surface area (Å²) in [4.78, 5) is 35.4. The Morgan fingerprint density at radius 3 is 1.81 bits per heavy atom. The third-order valence-electron chi connectivity index (χ3n) is 3.01. The summed E-state index contributed by atoms with van der Waals surface area (Å²) < 4.78 is 10.4. The maximum atomic E-state index is 12.0. The quantitative estimate of drug-likeness (QED) is 0.142. The van der Waals surface area contributed by atoms with Gasteiger partial charge in [-0.2, -0.15) is 0 Å². The fourth-order valence-electron chi connectivity index (χ4n) is 1.86. The van der Waals surface area contributed by atoms with Crippen LogP contribution in [0.25, 0.3) is 0 Å². The van der Waals surface area contributed by atoms with Crippen molar-refractivity contribution in [3.05, 3.63) is 13.8 Å². The van der Waals surface area contributed by atoms with E-state index in [0.29, 0.717) is 59.2 Å². The van der Waals surface area contributed by atoms with Crippen LogP contribution >= 0.6 is 0 Å². The molecule has 0 fully saturated rings. The average Bonchev–Trinajstić information content (AvgIpc) is 2.53. The van der Waals surface area contributed by atoms with E-state index in [0.717, 1.165) is 0 Å². The Labute approximate surface area is 226 Å². The van der Waals surface area contributed by atoms with Crippen LogP contribution < -0.4 is 16.0 Å². The molecule has 0 saturated carbocycles. The monoisotopic (exact) mass is 674 g/mol. The van der Waals surface area contributed by atoms with Crippen molar-refractivity contribution in [3.63, 3.8) is 0 Å². The van der Waals surface area contributed by atoms with Gasteiger partial charge in [-0.25, -0.2) is 0 Å². The molecule has 3 amide bonds. The van der Waals surface area contributed by atoms with Crippen LogP contribution in [0.15, 0.2) is 0 Å². The fraction of sp³-hybridized carbons (Fsp3) is 0.688. The van der Waals surface area contributed by atoms with Crippen LogP contribution in [0.3, 0.4) is 0 Å². The summed E-state index contributed by atoms with van der Waals surface area (Å²) in [5.41, 5.74) is 0. The molecule has 0 aromatic heterocycles. The summed E-state index contributed by atoms with van der Waals surface area (Å²) in [5.74, 6) is -0.908. The summed E-state index contributed by atoms with van der Waals surface area (Å²) in [6.45, 7) is 12.7. The number of nitrogens with one attached hydrogen (secondary N) is 3. The minimum atomic E-state index is -0.375. The number of hydrogen-bond acceptors (Lipinski definition) is 6. The van der Waals surface area contributed by atoms with Crippen LogP contribution in [0.2, 0.25) is 0 Å². The molecule has 0 bridgehead atoms. The molecular formula is C16H30Gd2N4O5-2. The smallest absolute Gasteiger partial charge is 0.234 e. The minimum Gasteiger partial charge on any atom is -0.380 e. The third-order valence-corrected chi connectivity index (χ3v) is 3.01. The molecule has 3 N–H and O–H groups in total. The van der Waals surface area contributed by atoms with Gasteiger partial charge in [0.05, 0.1) is 38.2 Å². The van der Waals surface area contributed by atoms with Gasteiger partial charge < -0.3 is 48.9 Å². The van der Waals surface area contributed by atoms with E-state index in [9.17, 15) is 14.4 Å². The van der Waals surface area contributed by atoms with Gasteiger partial charge >= 0.3 is 0 Å². The number of hydrogen-bond donors (Lipinski definition) is 3. The Balaban J connectivity index is -0.00000288. The normalized spacial score (nSPS) is 9.70. The molecule has 0 spiro atoms.